The van der Waals surface area contributed by atoms with Crippen molar-refractivity contribution in [1.82, 2.24) is 4.98 Å². The Balaban J connectivity index is 3.25. The minimum Gasteiger partial charge on any atom is -0.481 e. The van der Waals surface area contributed by atoms with Crippen molar-refractivity contribution in [2.24, 2.45) is 0 Å². The molecule has 13 heavy (non-hydrogen) atoms. The molecule has 0 fully saturated rings. The zero-order valence-corrected chi connectivity index (χ0v) is 7.28. The lowest BCUT2D eigenvalue weighted by Crippen LogP contribution is -1.98. The second kappa shape index (κ2) is 3.83. The monoisotopic (exact) mass is 211 g/mol. The Hall–Kier alpha value is -0.970. The van der Waals surface area contributed by atoms with E-state index in [0.717, 1.165) is 7.11 Å². The summed E-state index contributed by atoms with van der Waals surface area (Å²) in [7, 11) is 1.16. The molecule has 1 aromatic heterocycles. The minimum absolute atomic E-state index is 0.360. The molecule has 0 bridgehead atoms. The molecule has 0 aromatic carbocycles. The number of pyridine rings is 1. The van der Waals surface area contributed by atoms with Gasteiger partial charge in [0.15, 0.2) is 11.0 Å². The first kappa shape index (κ1) is 10.1. The molecule has 0 aliphatic heterocycles. The van der Waals surface area contributed by atoms with Gasteiger partial charge in [-0.2, -0.15) is 4.98 Å². The van der Waals surface area contributed by atoms with Crippen molar-refractivity contribution in [2.45, 2.75) is 6.43 Å². The van der Waals surface area contributed by atoms with Crippen LogP contribution in [0.15, 0.2) is 6.07 Å². The summed E-state index contributed by atoms with van der Waals surface area (Å²) in [6.45, 7) is 0. The molecule has 0 aliphatic rings. The number of nitrogens with zero attached hydrogens (tertiary/aromatic N) is 1. The van der Waals surface area contributed by atoms with Gasteiger partial charge in [0.05, 0.1) is 12.7 Å². The zero-order valence-electron chi connectivity index (χ0n) is 6.52. The van der Waals surface area contributed by atoms with Gasteiger partial charge in [-0.05, 0) is 6.07 Å². The summed E-state index contributed by atoms with van der Waals surface area (Å²) in [6, 6.07) is 0.610. The number of hydrogen-bond acceptors (Lipinski definition) is 2. The number of ether oxygens (including phenoxy) is 1. The molecule has 1 aromatic rings. The van der Waals surface area contributed by atoms with Crippen LogP contribution in [0.4, 0.5) is 13.2 Å². The van der Waals surface area contributed by atoms with E-state index in [1.54, 1.807) is 0 Å². The van der Waals surface area contributed by atoms with E-state index in [1.165, 1.54) is 0 Å². The predicted octanol–water partition coefficient (Wildman–Crippen LogP) is 2.82. The van der Waals surface area contributed by atoms with Crippen LogP contribution in [0.2, 0.25) is 5.15 Å². The van der Waals surface area contributed by atoms with Crippen LogP contribution in [0.5, 0.6) is 5.88 Å². The van der Waals surface area contributed by atoms with Gasteiger partial charge in [-0.3, -0.25) is 0 Å². The lowest BCUT2D eigenvalue weighted by atomic mass is 10.3. The Morgan fingerprint density at radius 3 is 2.62 bits per heavy atom. The summed E-state index contributed by atoms with van der Waals surface area (Å²) in [4.78, 5) is 3.30. The molecule has 1 rings (SSSR count). The van der Waals surface area contributed by atoms with Gasteiger partial charge in [0.1, 0.15) is 0 Å². The van der Waals surface area contributed by atoms with Crippen LogP contribution in [-0.4, -0.2) is 12.1 Å². The Labute approximate surface area is 77.3 Å². The summed E-state index contributed by atoms with van der Waals surface area (Å²) in [5.41, 5.74) is -0.607. The number of methoxy groups -OCH3 is 1. The maximum absolute atomic E-state index is 12.7. The Bertz CT molecular complexity index is 319. The molecule has 0 amide bonds. The summed E-state index contributed by atoms with van der Waals surface area (Å²) >= 11 is 5.26. The molecule has 1 heterocycles. The number of hydrogen-bond donors (Lipinski definition) is 0. The normalized spacial score (nSPS) is 10.6. The Kier molecular flexibility index (Phi) is 2.98. The molecule has 72 valence electrons. The minimum atomic E-state index is -2.84. The van der Waals surface area contributed by atoms with Gasteiger partial charge in [0.25, 0.3) is 6.43 Å². The lowest BCUT2D eigenvalue weighted by molar-refractivity contribution is 0.145. The van der Waals surface area contributed by atoms with E-state index in [1.807, 2.05) is 0 Å². The highest BCUT2D eigenvalue weighted by atomic mass is 35.5. The molecular formula is C7H5ClF3NO. The molecule has 2 nitrogen and oxygen atoms in total. The number of rotatable bonds is 2. The third-order valence-corrected chi connectivity index (χ3v) is 1.62. The van der Waals surface area contributed by atoms with E-state index in [0.29, 0.717) is 6.07 Å². The molecule has 0 atom stereocenters. The second-order valence-electron chi connectivity index (χ2n) is 2.16. The van der Waals surface area contributed by atoms with Crippen LogP contribution in [0.25, 0.3) is 0 Å². The molecule has 0 N–H and O–H groups in total. The van der Waals surface area contributed by atoms with Gasteiger partial charge in [-0.15, -0.1) is 0 Å². The summed E-state index contributed by atoms with van der Waals surface area (Å²) in [6.07, 6.45) is -2.84. The maximum Gasteiger partial charge on any atom is 0.269 e. The molecule has 0 aliphatic carbocycles. The van der Waals surface area contributed by atoms with Gasteiger partial charge < -0.3 is 4.74 Å². The highest BCUT2D eigenvalue weighted by Crippen LogP contribution is 2.29. The summed E-state index contributed by atoms with van der Waals surface area (Å²) in [5, 5.41) is -0.485. The van der Waals surface area contributed by atoms with Crippen LogP contribution >= 0.6 is 11.6 Å². The summed E-state index contributed by atoms with van der Waals surface area (Å²) < 4.78 is 41.6. The van der Waals surface area contributed by atoms with Gasteiger partial charge in [0, 0.05) is 0 Å². The van der Waals surface area contributed by atoms with E-state index in [2.05, 4.69) is 9.72 Å². The predicted molar refractivity (Wildman–Crippen MR) is 40.7 cm³/mol. The first-order valence-electron chi connectivity index (χ1n) is 3.24. The molecule has 0 saturated carbocycles. The topological polar surface area (TPSA) is 22.1 Å². The first-order valence-corrected chi connectivity index (χ1v) is 3.62. The number of halogens is 4. The van der Waals surface area contributed by atoms with Crippen molar-refractivity contribution in [1.29, 1.82) is 0 Å². The molecule has 0 spiro atoms. The van der Waals surface area contributed by atoms with Crippen LogP contribution in [0, 0.1) is 5.82 Å². The van der Waals surface area contributed by atoms with E-state index >= 15 is 0 Å². The smallest absolute Gasteiger partial charge is 0.269 e. The fourth-order valence-electron chi connectivity index (χ4n) is 0.785. The van der Waals surface area contributed by atoms with Crippen LogP contribution in [0.3, 0.4) is 0 Å². The Morgan fingerprint density at radius 1 is 1.54 bits per heavy atom. The molecule has 0 unspecified atom stereocenters. The van der Waals surface area contributed by atoms with Crippen molar-refractivity contribution < 1.29 is 17.9 Å². The Morgan fingerprint density at radius 2 is 2.15 bits per heavy atom. The van der Waals surface area contributed by atoms with E-state index in [4.69, 9.17) is 11.6 Å². The molecule has 6 heteroatoms. The number of aromatic nitrogens is 1. The third-order valence-electron chi connectivity index (χ3n) is 1.35. The summed E-state index contributed by atoms with van der Waals surface area (Å²) in [5.74, 6) is -1.35. The quantitative estimate of drug-likeness (QED) is 0.702. The lowest BCUT2D eigenvalue weighted by Gasteiger charge is -2.06. The third kappa shape index (κ3) is 2.03. The van der Waals surface area contributed by atoms with Crippen molar-refractivity contribution in [3.8, 4) is 5.88 Å². The highest BCUT2D eigenvalue weighted by Gasteiger charge is 2.18. The van der Waals surface area contributed by atoms with Gasteiger partial charge >= 0.3 is 0 Å². The maximum atomic E-state index is 12.7. The van der Waals surface area contributed by atoms with E-state index in [9.17, 15) is 13.2 Å². The van der Waals surface area contributed by atoms with Gasteiger partial charge in [-0.1, -0.05) is 11.6 Å². The SMILES string of the molecule is COc1nc(Cl)c(F)cc1C(F)F. The fraction of sp³-hybridized carbons (Fsp3) is 0.286. The van der Waals surface area contributed by atoms with Crippen molar-refractivity contribution in [3.05, 3.63) is 22.6 Å². The molecular weight excluding hydrogens is 207 g/mol. The van der Waals surface area contributed by atoms with Gasteiger partial charge in [0.2, 0.25) is 5.88 Å². The zero-order chi connectivity index (χ0) is 10.0. The largest absolute Gasteiger partial charge is 0.481 e. The first-order chi connectivity index (χ1) is 6.06. The molecule has 0 radical (unpaired) electrons. The average Bonchev–Trinajstić information content (AvgIpc) is 2.08. The van der Waals surface area contributed by atoms with Crippen LogP contribution in [0.1, 0.15) is 12.0 Å². The van der Waals surface area contributed by atoms with Crippen molar-refractivity contribution in [2.75, 3.05) is 7.11 Å². The van der Waals surface area contributed by atoms with Crippen molar-refractivity contribution in [3.63, 3.8) is 0 Å². The number of alkyl halides is 2. The average molecular weight is 212 g/mol. The van der Waals surface area contributed by atoms with E-state index in [-0.39, 0.29) is 5.88 Å². The van der Waals surface area contributed by atoms with Crippen molar-refractivity contribution >= 4 is 11.6 Å². The fourth-order valence-corrected chi connectivity index (χ4v) is 0.916. The highest BCUT2D eigenvalue weighted by molar-refractivity contribution is 6.29. The van der Waals surface area contributed by atoms with Gasteiger partial charge in [-0.25, -0.2) is 13.2 Å². The molecule has 0 saturated heterocycles. The van der Waals surface area contributed by atoms with Crippen LogP contribution < -0.4 is 4.74 Å². The van der Waals surface area contributed by atoms with E-state index < -0.39 is 23.0 Å². The van der Waals surface area contributed by atoms with Crippen LogP contribution in [-0.2, 0) is 0 Å². The standard InChI is InChI=1S/C7H5ClF3NO/c1-13-7-3(6(10)11)2-4(9)5(8)12-7/h2,6H,1H3. The second-order valence-corrected chi connectivity index (χ2v) is 2.52.